The largest absolute Gasteiger partial charge is 0.496 e. The van der Waals surface area contributed by atoms with E-state index in [-0.39, 0.29) is 5.78 Å². The van der Waals surface area contributed by atoms with E-state index < -0.39 is 0 Å². The molecule has 3 aromatic rings. The minimum Gasteiger partial charge on any atom is -0.496 e. The minimum atomic E-state index is -0.0519. The molecule has 1 aliphatic carbocycles. The molecule has 0 N–H and O–H groups in total. The lowest BCUT2D eigenvalue weighted by Crippen LogP contribution is -2.02. The van der Waals surface area contributed by atoms with Crippen LogP contribution in [0.15, 0.2) is 48.7 Å². The zero-order chi connectivity index (χ0) is 21.8. The molecule has 1 heterocycles. The Morgan fingerprint density at radius 2 is 2.00 bits per heavy atom. The average molecular weight is 417 g/mol. The summed E-state index contributed by atoms with van der Waals surface area (Å²) in [5, 5.41) is 4.25. The maximum atomic E-state index is 12.6. The highest BCUT2D eigenvalue weighted by Crippen LogP contribution is 2.28. The van der Waals surface area contributed by atoms with Gasteiger partial charge >= 0.3 is 0 Å². The van der Waals surface area contributed by atoms with Crippen molar-refractivity contribution < 1.29 is 14.3 Å². The maximum Gasteiger partial charge on any atom is 0.189 e. The monoisotopic (exact) mass is 416 g/mol. The average Bonchev–Trinajstić information content (AvgIpc) is 3.41. The van der Waals surface area contributed by atoms with Gasteiger partial charge in [-0.15, -0.1) is 0 Å². The summed E-state index contributed by atoms with van der Waals surface area (Å²) in [6.45, 7) is 5.07. The van der Waals surface area contributed by atoms with Gasteiger partial charge in [-0.3, -0.25) is 9.48 Å². The molecule has 5 nitrogen and oxygen atoms in total. The Labute approximate surface area is 183 Å². The summed E-state index contributed by atoms with van der Waals surface area (Å²) >= 11 is 0. The fourth-order valence-corrected chi connectivity index (χ4v) is 4.08. The number of aromatic nitrogens is 2. The Morgan fingerprint density at radius 1 is 1.16 bits per heavy atom. The molecule has 0 radical (unpaired) electrons. The third-order valence-corrected chi connectivity index (χ3v) is 5.86. The molecular formula is C26H28N2O3. The maximum absolute atomic E-state index is 12.6. The van der Waals surface area contributed by atoms with E-state index in [1.54, 1.807) is 19.4 Å². The molecule has 0 amide bonds. The van der Waals surface area contributed by atoms with E-state index in [4.69, 9.17) is 9.47 Å². The zero-order valence-electron chi connectivity index (χ0n) is 18.4. The number of carbonyl (C=O) groups is 1. The van der Waals surface area contributed by atoms with Crippen LogP contribution in [-0.2, 0) is 26.0 Å². The summed E-state index contributed by atoms with van der Waals surface area (Å²) in [5.74, 6) is 1.59. The van der Waals surface area contributed by atoms with Crippen molar-refractivity contribution in [1.82, 2.24) is 9.78 Å². The predicted octanol–water partition coefficient (Wildman–Crippen LogP) is 5.18. The Morgan fingerprint density at radius 3 is 2.77 bits per heavy atom. The third kappa shape index (κ3) is 4.55. The number of benzene rings is 2. The topological polar surface area (TPSA) is 53.4 Å². The lowest BCUT2D eigenvalue weighted by Gasteiger charge is -2.12. The van der Waals surface area contributed by atoms with Crippen LogP contribution in [-0.4, -0.2) is 22.7 Å². The SMILES string of the molecule is CCn1ncc(C(=O)/C=C/c2ccc(OC)c(COc3ccc4c(c3)CCC4)c2)c1C. The first-order valence-corrected chi connectivity index (χ1v) is 10.8. The number of methoxy groups -OCH3 is 1. The standard InChI is InChI=1S/C26H28N2O3/c1-4-28-18(2)24(16-27-28)25(29)12-8-19-9-13-26(30-3)22(14-19)17-31-23-11-10-20-6-5-7-21(20)15-23/h8-16H,4-7,17H2,1-3H3/b12-8+. The zero-order valence-corrected chi connectivity index (χ0v) is 18.4. The molecule has 0 fully saturated rings. The van der Waals surface area contributed by atoms with Gasteiger partial charge in [-0.05, 0) is 80.1 Å². The Balaban J connectivity index is 1.48. The number of rotatable bonds is 8. The smallest absolute Gasteiger partial charge is 0.189 e. The van der Waals surface area contributed by atoms with Crippen LogP contribution in [0, 0.1) is 6.92 Å². The van der Waals surface area contributed by atoms with E-state index in [1.807, 2.05) is 48.9 Å². The second-order valence-corrected chi connectivity index (χ2v) is 7.80. The molecule has 2 aromatic carbocycles. The molecule has 0 saturated carbocycles. The third-order valence-electron chi connectivity index (χ3n) is 5.86. The van der Waals surface area contributed by atoms with E-state index >= 15 is 0 Å². The lowest BCUT2D eigenvalue weighted by atomic mass is 10.1. The van der Waals surface area contributed by atoms with Crippen molar-refractivity contribution in [2.45, 2.75) is 46.3 Å². The molecule has 0 aliphatic heterocycles. The number of aryl methyl sites for hydroxylation is 3. The molecule has 5 heteroatoms. The van der Waals surface area contributed by atoms with Gasteiger partial charge in [0.25, 0.3) is 0 Å². The number of allylic oxidation sites excluding steroid dienone is 1. The normalized spacial score (nSPS) is 12.9. The van der Waals surface area contributed by atoms with Crippen molar-refractivity contribution in [2.24, 2.45) is 0 Å². The Kier molecular flexibility index (Phi) is 6.21. The van der Waals surface area contributed by atoms with E-state index in [0.29, 0.717) is 12.2 Å². The summed E-state index contributed by atoms with van der Waals surface area (Å²) in [7, 11) is 1.65. The van der Waals surface area contributed by atoms with Gasteiger partial charge in [0.05, 0.1) is 18.9 Å². The van der Waals surface area contributed by atoms with Gasteiger partial charge in [-0.25, -0.2) is 0 Å². The van der Waals surface area contributed by atoms with Crippen LogP contribution in [0.25, 0.3) is 6.08 Å². The molecule has 4 rings (SSSR count). The summed E-state index contributed by atoms with van der Waals surface area (Å²) in [6.07, 6.45) is 8.56. The van der Waals surface area contributed by atoms with Gasteiger partial charge in [0.1, 0.15) is 18.1 Å². The van der Waals surface area contributed by atoms with E-state index in [0.717, 1.165) is 47.7 Å². The fourth-order valence-electron chi connectivity index (χ4n) is 4.08. The second kappa shape index (κ2) is 9.21. The number of ketones is 1. The first kappa shape index (κ1) is 20.9. The first-order valence-electron chi connectivity index (χ1n) is 10.8. The molecule has 0 bridgehead atoms. The highest BCUT2D eigenvalue weighted by atomic mass is 16.5. The molecule has 0 atom stereocenters. The number of fused-ring (bicyclic) bond motifs is 1. The van der Waals surface area contributed by atoms with Crippen molar-refractivity contribution in [2.75, 3.05) is 7.11 Å². The summed E-state index contributed by atoms with van der Waals surface area (Å²) < 4.78 is 13.4. The molecule has 1 aliphatic rings. The second-order valence-electron chi connectivity index (χ2n) is 7.80. The molecule has 0 unspecified atom stereocenters. The Hall–Kier alpha value is -3.34. The van der Waals surface area contributed by atoms with Crippen molar-refractivity contribution in [3.05, 3.63) is 82.2 Å². The molecule has 0 saturated heterocycles. The molecule has 1 aromatic heterocycles. The van der Waals surface area contributed by atoms with Gasteiger partial charge in [-0.1, -0.05) is 18.2 Å². The van der Waals surface area contributed by atoms with Crippen LogP contribution >= 0.6 is 0 Å². The van der Waals surface area contributed by atoms with Crippen molar-refractivity contribution in [3.63, 3.8) is 0 Å². The molecular weight excluding hydrogens is 388 g/mol. The van der Waals surface area contributed by atoms with Crippen LogP contribution in [0.4, 0.5) is 0 Å². The number of nitrogens with zero attached hydrogens (tertiary/aromatic N) is 2. The van der Waals surface area contributed by atoms with Gasteiger partial charge in [0.15, 0.2) is 5.78 Å². The molecule has 0 spiro atoms. The minimum absolute atomic E-state index is 0.0519. The van der Waals surface area contributed by atoms with Gasteiger partial charge in [0.2, 0.25) is 0 Å². The van der Waals surface area contributed by atoms with E-state index in [1.165, 1.54) is 17.5 Å². The van der Waals surface area contributed by atoms with Crippen LogP contribution in [0.1, 0.15) is 51.7 Å². The molecule has 31 heavy (non-hydrogen) atoms. The number of hydrogen-bond acceptors (Lipinski definition) is 4. The number of ether oxygens (including phenoxy) is 2. The van der Waals surface area contributed by atoms with Crippen LogP contribution in [0.5, 0.6) is 11.5 Å². The number of carbonyl (C=O) groups excluding carboxylic acids is 1. The lowest BCUT2D eigenvalue weighted by molar-refractivity contribution is 0.104. The van der Waals surface area contributed by atoms with Crippen molar-refractivity contribution >= 4 is 11.9 Å². The summed E-state index contributed by atoms with van der Waals surface area (Å²) in [4.78, 5) is 12.6. The number of hydrogen-bond donors (Lipinski definition) is 0. The molecule has 160 valence electrons. The van der Waals surface area contributed by atoms with E-state index in [9.17, 15) is 4.79 Å². The van der Waals surface area contributed by atoms with E-state index in [2.05, 4.69) is 17.2 Å². The van der Waals surface area contributed by atoms with Gasteiger partial charge in [-0.2, -0.15) is 5.10 Å². The highest BCUT2D eigenvalue weighted by Gasteiger charge is 2.13. The first-order chi connectivity index (χ1) is 15.1. The van der Waals surface area contributed by atoms with Crippen molar-refractivity contribution in [3.8, 4) is 11.5 Å². The fraction of sp³-hybridized carbons (Fsp3) is 0.308. The van der Waals surface area contributed by atoms with Crippen LogP contribution in [0.2, 0.25) is 0 Å². The highest BCUT2D eigenvalue weighted by molar-refractivity contribution is 6.07. The van der Waals surface area contributed by atoms with Crippen LogP contribution < -0.4 is 9.47 Å². The summed E-state index contributed by atoms with van der Waals surface area (Å²) in [6, 6.07) is 12.2. The van der Waals surface area contributed by atoms with Crippen LogP contribution in [0.3, 0.4) is 0 Å². The summed E-state index contributed by atoms with van der Waals surface area (Å²) in [5.41, 5.74) is 6.19. The quantitative estimate of drug-likeness (QED) is 0.375. The van der Waals surface area contributed by atoms with Crippen molar-refractivity contribution in [1.29, 1.82) is 0 Å². The Bertz CT molecular complexity index is 1130. The van der Waals surface area contributed by atoms with Gasteiger partial charge < -0.3 is 9.47 Å². The predicted molar refractivity (Wildman–Crippen MR) is 122 cm³/mol. The van der Waals surface area contributed by atoms with Gasteiger partial charge in [0, 0.05) is 17.8 Å².